The average Bonchev–Trinajstić information content (AvgIpc) is 2.39. The van der Waals surface area contributed by atoms with Crippen molar-refractivity contribution in [2.24, 2.45) is 0 Å². The molecule has 0 spiro atoms. The van der Waals surface area contributed by atoms with Crippen LogP contribution in [0.1, 0.15) is 24.1 Å². The van der Waals surface area contributed by atoms with E-state index in [2.05, 4.69) is 12.2 Å². The highest BCUT2D eigenvalue weighted by Crippen LogP contribution is 2.26. The Morgan fingerprint density at radius 3 is 2.63 bits per heavy atom. The van der Waals surface area contributed by atoms with E-state index in [0.29, 0.717) is 5.75 Å². The number of benzene rings is 2. The Hall–Kier alpha value is -1.51. The van der Waals surface area contributed by atoms with Gasteiger partial charge in [0.15, 0.2) is 0 Å². The van der Waals surface area contributed by atoms with Gasteiger partial charge in [0.1, 0.15) is 5.75 Å². The van der Waals surface area contributed by atoms with Crippen LogP contribution in [0.25, 0.3) is 0 Å². The first kappa shape index (κ1) is 13.9. The number of aromatic hydroxyl groups is 1. The zero-order valence-corrected chi connectivity index (χ0v) is 11.7. The molecule has 2 N–H and O–H groups in total. The quantitative estimate of drug-likeness (QED) is 0.866. The summed E-state index contributed by atoms with van der Waals surface area (Å²) < 4.78 is 0. The number of halogens is 1. The number of hydrogen-bond acceptors (Lipinski definition) is 2. The van der Waals surface area contributed by atoms with Gasteiger partial charge in [-0.15, -0.1) is 0 Å². The molecule has 3 heteroatoms. The second-order valence-corrected chi connectivity index (χ2v) is 4.91. The lowest BCUT2D eigenvalue weighted by Crippen LogP contribution is -2.23. The van der Waals surface area contributed by atoms with E-state index in [1.54, 1.807) is 12.1 Å². The molecule has 19 heavy (non-hydrogen) atoms. The molecule has 0 saturated carbocycles. The standard InChI is InChI=1S/C16H18ClNO/c1-2-18-16(14-8-3-4-9-15(14)17)11-12-6-5-7-13(19)10-12/h3-10,16,18-19H,2,11H2,1H3. The number of nitrogens with one attached hydrogen (secondary N) is 1. The van der Waals surface area contributed by atoms with E-state index in [1.165, 1.54) is 0 Å². The summed E-state index contributed by atoms with van der Waals surface area (Å²) in [6, 6.07) is 15.4. The average molecular weight is 276 g/mol. The van der Waals surface area contributed by atoms with Gasteiger partial charge < -0.3 is 10.4 Å². The molecule has 2 aromatic carbocycles. The molecule has 0 amide bonds. The number of hydrogen-bond donors (Lipinski definition) is 2. The lowest BCUT2D eigenvalue weighted by molar-refractivity contribution is 0.473. The zero-order chi connectivity index (χ0) is 13.7. The molecule has 0 bridgehead atoms. The third-order valence-electron chi connectivity index (χ3n) is 3.08. The SMILES string of the molecule is CCNC(Cc1cccc(O)c1)c1ccccc1Cl. The van der Waals surface area contributed by atoms with E-state index < -0.39 is 0 Å². The second-order valence-electron chi connectivity index (χ2n) is 4.51. The van der Waals surface area contributed by atoms with Crippen LogP contribution in [0.2, 0.25) is 5.02 Å². The fraction of sp³-hybridized carbons (Fsp3) is 0.250. The molecule has 2 aromatic rings. The highest BCUT2D eigenvalue weighted by Gasteiger charge is 2.14. The number of phenolic OH excluding ortho intramolecular Hbond substituents is 1. The van der Waals surface area contributed by atoms with E-state index >= 15 is 0 Å². The van der Waals surface area contributed by atoms with Crippen molar-refractivity contribution in [1.29, 1.82) is 0 Å². The summed E-state index contributed by atoms with van der Waals surface area (Å²) in [7, 11) is 0. The number of likely N-dealkylation sites (N-methyl/N-ethyl adjacent to an activating group) is 1. The van der Waals surface area contributed by atoms with E-state index in [1.807, 2.05) is 36.4 Å². The third kappa shape index (κ3) is 3.72. The largest absolute Gasteiger partial charge is 0.508 e. The van der Waals surface area contributed by atoms with Gasteiger partial charge in [0.25, 0.3) is 0 Å². The maximum atomic E-state index is 9.53. The summed E-state index contributed by atoms with van der Waals surface area (Å²) in [5.41, 5.74) is 2.18. The summed E-state index contributed by atoms with van der Waals surface area (Å²) >= 11 is 6.26. The first-order chi connectivity index (χ1) is 9.20. The van der Waals surface area contributed by atoms with Crippen LogP contribution in [0, 0.1) is 0 Å². The molecule has 0 aliphatic heterocycles. The summed E-state index contributed by atoms with van der Waals surface area (Å²) in [5.74, 6) is 0.298. The maximum absolute atomic E-state index is 9.53. The lowest BCUT2D eigenvalue weighted by atomic mass is 9.98. The van der Waals surface area contributed by atoms with Gasteiger partial charge in [-0.3, -0.25) is 0 Å². The van der Waals surface area contributed by atoms with E-state index in [4.69, 9.17) is 11.6 Å². The first-order valence-electron chi connectivity index (χ1n) is 6.46. The van der Waals surface area contributed by atoms with Crippen LogP contribution in [-0.2, 0) is 6.42 Å². The van der Waals surface area contributed by atoms with E-state index in [0.717, 1.165) is 29.1 Å². The molecule has 0 fully saturated rings. The molecule has 2 nitrogen and oxygen atoms in total. The molecule has 2 rings (SSSR count). The van der Waals surface area contributed by atoms with Gasteiger partial charge in [0.2, 0.25) is 0 Å². The maximum Gasteiger partial charge on any atom is 0.115 e. The molecule has 0 aromatic heterocycles. The third-order valence-corrected chi connectivity index (χ3v) is 3.43. The molecule has 100 valence electrons. The Labute approximate surface area is 119 Å². The summed E-state index contributed by atoms with van der Waals surface area (Å²) in [5, 5.41) is 13.7. The van der Waals surface area contributed by atoms with Crippen LogP contribution in [0.3, 0.4) is 0 Å². The van der Waals surface area contributed by atoms with Gasteiger partial charge >= 0.3 is 0 Å². The minimum absolute atomic E-state index is 0.153. The molecular formula is C16H18ClNO. The predicted molar refractivity (Wildman–Crippen MR) is 79.7 cm³/mol. The smallest absolute Gasteiger partial charge is 0.115 e. The summed E-state index contributed by atoms with van der Waals surface area (Å²) in [6.45, 7) is 2.95. The molecule has 0 radical (unpaired) electrons. The van der Waals surface area contributed by atoms with Gasteiger partial charge in [0.05, 0.1) is 0 Å². The molecular weight excluding hydrogens is 258 g/mol. The van der Waals surface area contributed by atoms with Crippen molar-refractivity contribution in [2.45, 2.75) is 19.4 Å². The van der Waals surface area contributed by atoms with Gasteiger partial charge in [-0.1, -0.05) is 48.9 Å². The van der Waals surface area contributed by atoms with E-state index in [9.17, 15) is 5.11 Å². The lowest BCUT2D eigenvalue weighted by Gasteiger charge is -2.19. The van der Waals surface area contributed by atoms with Crippen molar-refractivity contribution in [3.8, 4) is 5.75 Å². The normalized spacial score (nSPS) is 12.3. The van der Waals surface area contributed by atoms with Crippen molar-refractivity contribution < 1.29 is 5.11 Å². The van der Waals surface area contributed by atoms with Gasteiger partial charge in [0, 0.05) is 11.1 Å². The van der Waals surface area contributed by atoms with Gasteiger partial charge in [-0.2, -0.15) is 0 Å². The fourth-order valence-corrected chi connectivity index (χ4v) is 2.48. The zero-order valence-electron chi connectivity index (χ0n) is 10.9. The van der Waals surface area contributed by atoms with E-state index in [-0.39, 0.29) is 6.04 Å². The van der Waals surface area contributed by atoms with Crippen molar-refractivity contribution in [1.82, 2.24) is 5.32 Å². The van der Waals surface area contributed by atoms with Crippen LogP contribution in [-0.4, -0.2) is 11.7 Å². The molecule has 1 atom stereocenters. The molecule has 0 saturated heterocycles. The Morgan fingerprint density at radius 2 is 1.95 bits per heavy atom. The fourth-order valence-electron chi connectivity index (χ4n) is 2.22. The molecule has 0 heterocycles. The minimum Gasteiger partial charge on any atom is -0.508 e. The van der Waals surface area contributed by atoms with Crippen LogP contribution < -0.4 is 5.32 Å². The van der Waals surface area contributed by atoms with Crippen LogP contribution in [0.4, 0.5) is 0 Å². The summed E-state index contributed by atoms with van der Waals surface area (Å²) in [4.78, 5) is 0. The van der Waals surface area contributed by atoms with Crippen molar-refractivity contribution >= 4 is 11.6 Å². The van der Waals surface area contributed by atoms with Crippen LogP contribution in [0.5, 0.6) is 5.75 Å². The highest BCUT2D eigenvalue weighted by atomic mass is 35.5. The second kappa shape index (κ2) is 6.60. The highest BCUT2D eigenvalue weighted by molar-refractivity contribution is 6.31. The van der Waals surface area contributed by atoms with Gasteiger partial charge in [-0.05, 0) is 42.3 Å². The van der Waals surface area contributed by atoms with Crippen molar-refractivity contribution in [3.63, 3.8) is 0 Å². The first-order valence-corrected chi connectivity index (χ1v) is 6.84. The predicted octanol–water partition coefficient (Wildman–Crippen LogP) is 3.94. The van der Waals surface area contributed by atoms with Crippen molar-refractivity contribution in [2.75, 3.05) is 6.54 Å². The Balaban J connectivity index is 2.24. The van der Waals surface area contributed by atoms with Crippen LogP contribution >= 0.6 is 11.6 Å². The van der Waals surface area contributed by atoms with Crippen molar-refractivity contribution in [3.05, 3.63) is 64.7 Å². The molecule has 1 unspecified atom stereocenters. The Morgan fingerprint density at radius 1 is 1.16 bits per heavy atom. The number of phenols is 1. The number of rotatable bonds is 5. The minimum atomic E-state index is 0.153. The van der Waals surface area contributed by atoms with Crippen LogP contribution in [0.15, 0.2) is 48.5 Å². The Kier molecular flexibility index (Phi) is 4.83. The molecule has 0 aliphatic carbocycles. The topological polar surface area (TPSA) is 32.3 Å². The summed E-state index contributed by atoms with van der Waals surface area (Å²) in [6.07, 6.45) is 0.798. The monoisotopic (exact) mass is 275 g/mol. The van der Waals surface area contributed by atoms with Gasteiger partial charge in [-0.25, -0.2) is 0 Å². The Bertz CT molecular complexity index is 542. The molecule has 0 aliphatic rings.